The third-order valence-electron chi connectivity index (χ3n) is 4.32. The Balaban J connectivity index is 1.76. The van der Waals surface area contributed by atoms with E-state index in [-0.39, 0.29) is 0 Å². The highest BCUT2D eigenvalue weighted by Gasteiger charge is 2.27. The Labute approximate surface area is 106 Å². The first-order chi connectivity index (χ1) is 8.28. The molecule has 1 heterocycles. The van der Waals surface area contributed by atoms with Crippen molar-refractivity contribution in [3.8, 4) is 0 Å². The molecule has 3 nitrogen and oxygen atoms in total. The maximum Gasteiger partial charge on any atom is 0.0431 e. The first kappa shape index (κ1) is 13.3. The third-order valence-corrected chi connectivity index (χ3v) is 4.32. The Morgan fingerprint density at radius 1 is 1.18 bits per heavy atom. The van der Waals surface area contributed by atoms with Crippen LogP contribution in [0.25, 0.3) is 0 Å². The fraction of sp³-hybridized carbons (Fsp3) is 1.00. The molecule has 2 rings (SSSR count). The summed E-state index contributed by atoms with van der Waals surface area (Å²) in [6, 6.07) is 1.46. The van der Waals surface area contributed by atoms with Crippen molar-refractivity contribution in [1.82, 2.24) is 10.2 Å². The van der Waals surface area contributed by atoms with E-state index in [0.717, 1.165) is 18.4 Å². The standard InChI is InChI=1S/C14H28N2O/c1-16-10-12(5-4-8-17)9-14(11-16)15-13-6-2-3-7-13/h12-15,17H,2-11H2,1H3. The number of rotatable bonds is 5. The molecule has 0 radical (unpaired) electrons. The van der Waals surface area contributed by atoms with Crippen LogP contribution < -0.4 is 5.32 Å². The van der Waals surface area contributed by atoms with E-state index in [2.05, 4.69) is 17.3 Å². The van der Waals surface area contributed by atoms with Gasteiger partial charge in [-0.2, -0.15) is 0 Å². The molecule has 0 spiro atoms. The molecule has 2 aliphatic rings. The molecule has 0 aromatic heterocycles. The van der Waals surface area contributed by atoms with Gasteiger partial charge in [0.25, 0.3) is 0 Å². The molecule has 0 bridgehead atoms. The highest BCUT2D eigenvalue weighted by Crippen LogP contribution is 2.23. The molecule has 17 heavy (non-hydrogen) atoms. The second-order valence-corrected chi connectivity index (χ2v) is 6.03. The van der Waals surface area contributed by atoms with Gasteiger partial charge in [0.1, 0.15) is 0 Å². The summed E-state index contributed by atoms with van der Waals surface area (Å²) in [6.07, 6.45) is 9.03. The van der Waals surface area contributed by atoms with Crippen LogP contribution in [0.15, 0.2) is 0 Å². The predicted octanol–water partition coefficient (Wildman–Crippen LogP) is 1.61. The van der Waals surface area contributed by atoms with E-state index in [1.807, 2.05) is 0 Å². The minimum absolute atomic E-state index is 0.348. The maximum absolute atomic E-state index is 8.93. The van der Waals surface area contributed by atoms with Crippen LogP contribution in [0.4, 0.5) is 0 Å². The van der Waals surface area contributed by atoms with Crippen LogP contribution in [0.1, 0.15) is 44.9 Å². The molecular formula is C14H28N2O. The predicted molar refractivity (Wildman–Crippen MR) is 71.1 cm³/mol. The minimum Gasteiger partial charge on any atom is -0.396 e. The number of piperidine rings is 1. The summed E-state index contributed by atoms with van der Waals surface area (Å²) in [5.41, 5.74) is 0. The number of likely N-dealkylation sites (tertiary alicyclic amines) is 1. The highest BCUT2D eigenvalue weighted by molar-refractivity contribution is 4.86. The lowest BCUT2D eigenvalue weighted by molar-refractivity contribution is 0.148. The van der Waals surface area contributed by atoms with Crippen LogP contribution in [0.2, 0.25) is 0 Å². The number of aliphatic hydroxyl groups is 1. The number of hydrogen-bond acceptors (Lipinski definition) is 3. The molecule has 0 aromatic rings. The van der Waals surface area contributed by atoms with Crippen LogP contribution in [0.5, 0.6) is 0 Å². The highest BCUT2D eigenvalue weighted by atomic mass is 16.2. The summed E-state index contributed by atoms with van der Waals surface area (Å²) < 4.78 is 0. The average Bonchev–Trinajstić information content (AvgIpc) is 2.78. The summed E-state index contributed by atoms with van der Waals surface area (Å²) in [5.74, 6) is 0.778. The van der Waals surface area contributed by atoms with Gasteiger partial charge in [0.05, 0.1) is 0 Å². The van der Waals surface area contributed by atoms with E-state index in [4.69, 9.17) is 5.11 Å². The minimum atomic E-state index is 0.348. The van der Waals surface area contributed by atoms with Crippen LogP contribution in [-0.4, -0.2) is 48.8 Å². The molecule has 3 heteroatoms. The monoisotopic (exact) mass is 240 g/mol. The van der Waals surface area contributed by atoms with E-state index in [9.17, 15) is 0 Å². The van der Waals surface area contributed by atoms with Gasteiger partial charge in [-0.3, -0.25) is 0 Å². The molecule has 1 aliphatic heterocycles. The molecular weight excluding hydrogens is 212 g/mol. The second-order valence-electron chi connectivity index (χ2n) is 6.03. The van der Waals surface area contributed by atoms with Crippen molar-refractivity contribution in [1.29, 1.82) is 0 Å². The van der Waals surface area contributed by atoms with E-state index in [1.54, 1.807) is 0 Å². The Morgan fingerprint density at radius 2 is 1.94 bits per heavy atom. The van der Waals surface area contributed by atoms with E-state index in [1.165, 1.54) is 51.6 Å². The van der Waals surface area contributed by atoms with E-state index < -0.39 is 0 Å². The lowest BCUT2D eigenvalue weighted by Crippen LogP contribution is -2.50. The van der Waals surface area contributed by atoms with Gasteiger partial charge in [0.15, 0.2) is 0 Å². The van der Waals surface area contributed by atoms with E-state index >= 15 is 0 Å². The molecule has 1 aliphatic carbocycles. The molecule has 1 saturated heterocycles. The van der Waals surface area contributed by atoms with Gasteiger partial charge in [-0.05, 0) is 45.1 Å². The van der Waals surface area contributed by atoms with Crippen LogP contribution in [0, 0.1) is 5.92 Å². The number of nitrogens with one attached hydrogen (secondary N) is 1. The quantitative estimate of drug-likeness (QED) is 0.766. The fourth-order valence-electron chi connectivity index (χ4n) is 3.58. The number of aliphatic hydroxyl groups excluding tert-OH is 1. The molecule has 2 unspecified atom stereocenters. The van der Waals surface area contributed by atoms with Crippen molar-refractivity contribution >= 4 is 0 Å². The van der Waals surface area contributed by atoms with Crippen molar-refractivity contribution in [3.63, 3.8) is 0 Å². The lowest BCUT2D eigenvalue weighted by Gasteiger charge is -2.37. The number of likely N-dealkylation sites (N-methyl/N-ethyl adjacent to an activating group) is 1. The Morgan fingerprint density at radius 3 is 2.65 bits per heavy atom. The summed E-state index contributed by atoms with van der Waals surface area (Å²) in [6.45, 7) is 2.76. The molecule has 100 valence electrons. The molecule has 1 saturated carbocycles. The average molecular weight is 240 g/mol. The van der Waals surface area contributed by atoms with Gasteiger partial charge in [0.2, 0.25) is 0 Å². The first-order valence-electron chi connectivity index (χ1n) is 7.33. The maximum atomic E-state index is 8.93. The SMILES string of the molecule is CN1CC(CCCO)CC(NC2CCCC2)C1. The van der Waals surface area contributed by atoms with Gasteiger partial charge in [-0.15, -0.1) is 0 Å². The fourth-order valence-corrected chi connectivity index (χ4v) is 3.58. The molecule has 2 atom stereocenters. The van der Waals surface area contributed by atoms with Gasteiger partial charge in [-0.25, -0.2) is 0 Å². The topological polar surface area (TPSA) is 35.5 Å². The first-order valence-corrected chi connectivity index (χ1v) is 7.33. The smallest absolute Gasteiger partial charge is 0.0431 e. The summed E-state index contributed by atoms with van der Waals surface area (Å²) in [7, 11) is 2.23. The van der Waals surface area contributed by atoms with Crippen molar-refractivity contribution in [2.75, 3.05) is 26.7 Å². The Kier molecular flexibility index (Phi) is 5.26. The number of hydrogen-bond donors (Lipinski definition) is 2. The summed E-state index contributed by atoms with van der Waals surface area (Å²) in [5, 5.41) is 12.8. The molecule has 0 amide bonds. The van der Waals surface area contributed by atoms with Crippen molar-refractivity contribution in [2.24, 2.45) is 5.92 Å². The van der Waals surface area contributed by atoms with Crippen molar-refractivity contribution in [3.05, 3.63) is 0 Å². The largest absolute Gasteiger partial charge is 0.396 e. The molecule has 0 aromatic carbocycles. The lowest BCUT2D eigenvalue weighted by atomic mass is 9.90. The third kappa shape index (κ3) is 4.23. The van der Waals surface area contributed by atoms with Crippen molar-refractivity contribution in [2.45, 2.75) is 57.0 Å². The zero-order chi connectivity index (χ0) is 12.1. The Bertz CT molecular complexity index is 216. The normalized spacial score (nSPS) is 32.1. The van der Waals surface area contributed by atoms with Gasteiger partial charge in [0, 0.05) is 31.8 Å². The zero-order valence-corrected chi connectivity index (χ0v) is 11.2. The Hall–Kier alpha value is -0.120. The summed E-state index contributed by atoms with van der Waals surface area (Å²) in [4.78, 5) is 2.46. The van der Waals surface area contributed by atoms with Crippen LogP contribution in [0.3, 0.4) is 0 Å². The molecule has 2 N–H and O–H groups in total. The zero-order valence-electron chi connectivity index (χ0n) is 11.2. The van der Waals surface area contributed by atoms with Crippen molar-refractivity contribution < 1.29 is 5.11 Å². The van der Waals surface area contributed by atoms with Gasteiger partial charge in [-0.1, -0.05) is 12.8 Å². The number of nitrogens with zero attached hydrogens (tertiary/aromatic N) is 1. The van der Waals surface area contributed by atoms with Crippen LogP contribution >= 0.6 is 0 Å². The second kappa shape index (κ2) is 6.72. The van der Waals surface area contributed by atoms with E-state index in [0.29, 0.717) is 12.6 Å². The van der Waals surface area contributed by atoms with Gasteiger partial charge < -0.3 is 15.3 Å². The molecule has 2 fully saturated rings. The summed E-state index contributed by atoms with van der Waals surface area (Å²) >= 11 is 0. The van der Waals surface area contributed by atoms with Crippen LogP contribution in [-0.2, 0) is 0 Å². The van der Waals surface area contributed by atoms with Gasteiger partial charge >= 0.3 is 0 Å².